The van der Waals surface area contributed by atoms with Crippen molar-refractivity contribution in [3.8, 4) is 0 Å². The van der Waals surface area contributed by atoms with E-state index in [9.17, 15) is 0 Å². The summed E-state index contributed by atoms with van der Waals surface area (Å²) in [5, 5.41) is 0. The van der Waals surface area contributed by atoms with Crippen molar-refractivity contribution in [2.45, 2.75) is 0 Å². The van der Waals surface area contributed by atoms with Crippen LogP contribution in [0.1, 0.15) is 0 Å². The molecule has 124 valence electrons. The minimum atomic E-state index is 0.344. The summed E-state index contributed by atoms with van der Waals surface area (Å²) < 4.78 is 14.7. The molecule has 2 aromatic carbocycles. The molecule has 1 saturated heterocycles. The number of ether oxygens (including phenoxy) is 2. The fraction of sp³-hybridized carbons (Fsp3) is 0.125. The number of hydrogen-bond donors (Lipinski definition) is 0. The molecule has 3 rings (SSSR count). The Balaban J connectivity index is 2.06. The van der Waals surface area contributed by atoms with Gasteiger partial charge in [-0.1, -0.05) is 12.1 Å². The summed E-state index contributed by atoms with van der Waals surface area (Å²) in [6.45, 7) is 0.855. The molecule has 0 atom stereocenters. The molecule has 1 fully saturated rings. The van der Waals surface area contributed by atoms with Gasteiger partial charge in [0.1, 0.15) is 13.2 Å². The number of rotatable bonds is 2. The van der Waals surface area contributed by atoms with E-state index < -0.39 is 0 Å². The summed E-state index contributed by atoms with van der Waals surface area (Å²) >= 11 is 14.0. The summed E-state index contributed by atoms with van der Waals surface area (Å²) in [7, 11) is 0. The maximum Gasteiger partial charge on any atom is 0.278 e. The van der Waals surface area contributed by atoms with E-state index in [2.05, 4.69) is 73.7 Å². The van der Waals surface area contributed by atoms with E-state index in [1.54, 1.807) is 0 Å². The van der Waals surface area contributed by atoms with Crippen molar-refractivity contribution in [1.82, 2.24) is 0 Å². The normalized spacial score (nSPS) is 17.7. The summed E-state index contributed by atoms with van der Waals surface area (Å²) in [5.74, 6) is 0.688. The highest BCUT2D eigenvalue weighted by atomic mass is 79.9. The third-order valence-electron chi connectivity index (χ3n) is 3.05. The van der Waals surface area contributed by atoms with E-state index in [1.165, 1.54) is 0 Å². The van der Waals surface area contributed by atoms with Crippen molar-refractivity contribution < 1.29 is 9.47 Å². The molecule has 24 heavy (non-hydrogen) atoms. The van der Waals surface area contributed by atoms with Gasteiger partial charge >= 0.3 is 0 Å². The van der Waals surface area contributed by atoms with Gasteiger partial charge in [-0.25, -0.2) is 9.98 Å². The standard InChI is InChI=1S/C16H10Br4N2O2/c17-9-3-1-4-10(18)13(9)21-15-16(24-8-7-23-15)22-14-11(19)5-2-6-12(14)20/h1-6H,7-8H2. The topological polar surface area (TPSA) is 43.2 Å². The maximum absolute atomic E-state index is 5.68. The molecule has 0 radical (unpaired) electrons. The predicted molar refractivity (Wildman–Crippen MR) is 110 cm³/mol. The second-order valence-corrected chi connectivity index (χ2v) is 8.09. The number of halogens is 4. The van der Waals surface area contributed by atoms with E-state index in [0.29, 0.717) is 25.0 Å². The molecule has 1 aliphatic rings. The van der Waals surface area contributed by atoms with Crippen LogP contribution >= 0.6 is 63.7 Å². The first-order valence-electron chi connectivity index (χ1n) is 6.87. The summed E-state index contributed by atoms with van der Waals surface area (Å²) in [5.41, 5.74) is 1.44. The first-order chi connectivity index (χ1) is 11.6. The maximum atomic E-state index is 5.68. The molecule has 2 aromatic rings. The van der Waals surface area contributed by atoms with Crippen LogP contribution in [0.3, 0.4) is 0 Å². The van der Waals surface area contributed by atoms with Gasteiger partial charge in [-0.2, -0.15) is 0 Å². The van der Waals surface area contributed by atoms with Crippen molar-refractivity contribution in [2.75, 3.05) is 13.2 Å². The molecule has 8 heteroatoms. The Labute approximate surface area is 172 Å². The largest absolute Gasteiger partial charge is 0.470 e. The minimum Gasteiger partial charge on any atom is -0.470 e. The van der Waals surface area contributed by atoms with Crippen LogP contribution in [0.4, 0.5) is 11.4 Å². The summed E-state index contributed by atoms with van der Waals surface area (Å²) in [6.07, 6.45) is 0. The number of nitrogens with zero attached hydrogens (tertiary/aromatic N) is 2. The van der Waals surface area contributed by atoms with Crippen LogP contribution in [0.5, 0.6) is 0 Å². The zero-order chi connectivity index (χ0) is 17.1. The highest BCUT2D eigenvalue weighted by Crippen LogP contribution is 2.35. The Morgan fingerprint density at radius 3 is 1.29 bits per heavy atom. The van der Waals surface area contributed by atoms with Crippen molar-refractivity contribution in [1.29, 1.82) is 0 Å². The lowest BCUT2D eigenvalue weighted by atomic mass is 10.3. The molecule has 0 unspecified atom stereocenters. The lowest BCUT2D eigenvalue weighted by Gasteiger charge is -2.19. The fourth-order valence-electron chi connectivity index (χ4n) is 1.96. The molecule has 0 amide bonds. The Kier molecular flexibility index (Phi) is 6.12. The zero-order valence-electron chi connectivity index (χ0n) is 12.1. The van der Waals surface area contributed by atoms with Crippen LogP contribution in [-0.4, -0.2) is 25.0 Å². The van der Waals surface area contributed by atoms with E-state index in [-0.39, 0.29) is 0 Å². The van der Waals surface area contributed by atoms with Crippen LogP contribution in [-0.2, 0) is 9.47 Å². The highest BCUT2D eigenvalue weighted by Gasteiger charge is 2.21. The quantitative estimate of drug-likeness (QED) is 0.404. The van der Waals surface area contributed by atoms with Gasteiger partial charge in [-0.15, -0.1) is 0 Å². The number of benzene rings is 2. The third-order valence-corrected chi connectivity index (χ3v) is 5.61. The molecule has 4 nitrogen and oxygen atoms in total. The lowest BCUT2D eigenvalue weighted by molar-refractivity contribution is 0.173. The Bertz CT molecular complexity index is 727. The monoisotopic (exact) mass is 578 g/mol. The molecule has 0 spiro atoms. The molecule has 0 aromatic heterocycles. The Morgan fingerprint density at radius 1 is 0.625 bits per heavy atom. The van der Waals surface area contributed by atoms with Crippen LogP contribution < -0.4 is 0 Å². The molecule has 1 heterocycles. The Hall–Kier alpha value is -0.700. The van der Waals surface area contributed by atoms with Gasteiger partial charge in [0, 0.05) is 17.9 Å². The second kappa shape index (κ2) is 8.12. The molecule has 0 bridgehead atoms. The molecule has 0 saturated carbocycles. The van der Waals surface area contributed by atoms with Crippen LogP contribution in [0, 0.1) is 0 Å². The average Bonchev–Trinajstić information content (AvgIpc) is 2.56. The van der Waals surface area contributed by atoms with Gasteiger partial charge in [0.05, 0.1) is 11.4 Å². The SMILES string of the molecule is Brc1cccc(Br)c1N=C1OCCOC1=Nc1c(Br)cccc1Br. The fourth-order valence-corrected chi connectivity index (χ4v) is 4.31. The van der Waals surface area contributed by atoms with Gasteiger partial charge in [-0.3, -0.25) is 0 Å². The van der Waals surface area contributed by atoms with Crippen LogP contribution in [0.15, 0.2) is 64.3 Å². The zero-order valence-corrected chi connectivity index (χ0v) is 18.4. The summed E-state index contributed by atoms with van der Waals surface area (Å²) in [4.78, 5) is 9.14. The smallest absolute Gasteiger partial charge is 0.278 e. The third kappa shape index (κ3) is 4.09. The first kappa shape index (κ1) is 18.1. The molecule has 1 aliphatic heterocycles. The van der Waals surface area contributed by atoms with Crippen molar-refractivity contribution >= 4 is 86.9 Å². The average molecular weight is 582 g/mol. The predicted octanol–water partition coefficient (Wildman–Crippen LogP) is 6.54. The van der Waals surface area contributed by atoms with E-state index in [1.807, 2.05) is 36.4 Å². The van der Waals surface area contributed by atoms with Gasteiger partial charge in [-0.05, 0) is 88.0 Å². The van der Waals surface area contributed by atoms with Gasteiger partial charge < -0.3 is 9.47 Å². The molecular weight excluding hydrogens is 572 g/mol. The number of aliphatic imine (C=N–C) groups is 2. The van der Waals surface area contributed by atoms with Gasteiger partial charge in [0.15, 0.2) is 0 Å². The number of para-hydroxylation sites is 2. The highest BCUT2D eigenvalue weighted by molar-refractivity contribution is 9.11. The van der Waals surface area contributed by atoms with E-state index >= 15 is 0 Å². The minimum absolute atomic E-state index is 0.344. The first-order valence-corrected chi connectivity index (χ1v) is 10.0. The summed E-state index contributed by atoms with van der Waals surface area (Å²) in [6, 6.07) is 11.5. The Morgan fingerprint density at radius 2 is 0.958 bits per heavy atom. The van der Waals surface area contributed by atoms with Gasteiger partial charge in [0.25, 0.3) is 11.8 Å². The lowest BCUT2D eigenvalue weighted by Crippen LogP contribution is -2.29. The molecular formula is C16H10Br4N2O2. The molecule has 0 aliphatic carbocycles. The van der Waals surface area contributed by atoms with E-state index in [4.69, 9.17) is 9.47 Å². The second-order valence-electron chi connectivity index (χ2n) is 4.67. The van der Waals surface area contributed by atoms with Gasteiger partial charge in [0.2, 0.25) is 0 Å². The van der Waals surface area contributed by atoms with Crippen molar-refractivity contribution in [3.63, 3.8) is 0 Å². The van der Waals surface area contributed by atoms with Crippen LogP contribution in [0.25, 0.3) is 0 Å². The van der Waals surface area contributed by atoms with Crippen LogP contribution in [0.2, 0.25) is 0 Å². The van der Waals surface area contributed by atoms with Crippen molar-refractivity contribution in [2.24, 2.45) is 9.98 Å². The molecule has 0 N–H and O–H groups in total. The number of hydrogen-bond acceptors (Lipinski definition) is 4. The van der Waals surface area contributed by atoms with Crippen molar-refractivity contribution in [3.05, 3.63) is 54.3 Å². The van der Waals surface area contributed by atoms with E-state index in [0.717, 1.165) is 29.3 Å².